The molecule has 1 heterocycles. The normalized spacial score (nSPS) is 18.2. The fourth-order valence-electron chi connectivity index (χ4n) is 3.84. The van der Waals surface area contributed by atoms with Gasteiger partial charge < -0.3 is 45.3 Å². The average Bonchev–Trinajstić information content (AvgIpc) is 2.95. The largest absolute Gasteiger partial charge is 0.480 e. The maximum absolute atomic E-state index is 12.9. The van der Waals surface area contributed by atoms with Crippen molar-refractivity contribution in [2.24, 2.45) is 5.92 Å². The highest BCUT2D eigenvalue weighted by Gasteiger charge is 2.36. The number of aliphatic hydroxyl groups excluding tert-OH is 1. The average molecular weight is 639 g/mol. The summed E-state index contributed by atoms with van der Waals surface area (Å²) in [5, 5.41) is 27.7. The first-order valence-electron chi connectivity index (χ1n) is 15.2. The highest BCUT2D eigenvalue weighted by atomic mass is 16.7. The van der Waals surface area contributed by atoms with E-state index in [0.29, 0.717) is 5.56 Å². The van der Waals surface area contributed by atoms with Gasteiger partial charge in [-0.05, 0) is 24.6 Å². The Bertz CT molecular complexity index is 1140. The standard InChI is InChI=1S/C28H42N4O10.C3H8/c1-15(2)28(39)40-14-18-7-8-20(31-26(37)17(5)30-23(34)12-29-16(3)4)21(9-18)41-25-11-19(33)10-22(42-25)27(38)32(6)13-24(35)36;1-3-2/h7-9,15-17,19,22,25,29,33H,10-14H2,1-6H3,(H,30,34)(H,31,37)(H,35,36);3H2,1-2H3. The zero-order valence-electron chi connectivity index (χ0n) is 27.5. The number of likely N-dealkylation sites (N-methyl/N-ethyl adjacent to an activating group) is 1. The molecule has 1 aliphatic rings. The third kappa shape index (κ3) is 14.7. The first-order chi connectivity index (χ1) is 21.1. The minimum atomic E-state index is -1.20. The highest BCUT2D eigenvalue weighted by molar-refractivity contribution is 5.98. The van der Waals surface area contributed by atoms with E-state index >= 15 is 0 Å². The lowest BCUT2D eigenvalue weighted by Gasteiger charge is -2.34. The van der Waals surface area contributed by atoms with Gasteiger partial charge in [0.2, 0.25) is 18.1 Å². The number of anilines is 1. The van der Waals surface area contributed by atoms with Crippen molar-refractivity contribution in [1.82, 2.24) is 15.5 Å². The lowest BCUT2D eigenvalue weighted by molar-refractivity contribution is -0.190. The van der Waals surface area contributed by atoms with Gasteiger partial charge in [-0.3, -0.25) is 24.0 Å². The third-order valence-corrected chi connectivity index (χ3v) is 6.15. The van der Waals surface area contributed by atoms with Crippen LogP contribution in [0.1, 0.15) is 73.3 Å². The fraction of sp³-hybridized carbons (Fsp3) is 0.645. The predicted molar refractivity (Wildman–Crippen MR) is 166 cm³/mol. The van der Waals surface area contributed by atoms with Crippen LogP contribution in [-0.2, 0) is 40.1 Å². The number of nitrogens with one attached hydrogen (secondary N) is 3. The van der Waals surface area contributed by atoms with Gasteiger partial charge in [-0.1, -0.05) is 54.0 Å². The number of rotatable bonds is 14. The molecule has 4 atom stereocenters. The highest BCUT2D eigenvalue weighted by Crippen LogP contribution is 2.31. The Balaban J connectivity index is 0.00000324. The Kier molecular flexibility index (Phi) is 17.1. The number of esters is 1. The number of aliphatic hydroxyl groups is 1. The molecule has 2 rings (SSSR count). The van der Waals surface area contributed by atoms with Gasteiger partial charge in [0.15, 0.2) is 0 Å². The van der Waals surface area contributed by atoms with Crippen LogP contribution in [0.15, 0.2) is 18.2 Å². The molecule has 0 bridgehead atoms. The molecule has 45 heavy (non-hydrogen) atoms. The molecule has 0 aliphatic carbocycles. The van der Waals surface area contributed by atoms with Crippen LogP contribution in [0.4, 0.5) is 5.69 Å². The number of nitrogens with zero attached hydrogens (tertiary/aromatic N) is 1. The van der Waals surface area contributed by atoms with Crippen molar-refractivity contribution < 1.29 is 48.4 Å². The maximum atomic E-state index is 12.9. The molecular formula is C31H50N4O10. The topological polar surface area (TPSA) is 193 Å². The van der Waals surface area contributed by atoms with Crippen LogP contribution < -0.4 is 20.7 Å². The van der Waals surface area contributed by atoms with Gasteiger partial charge in [0.1, 0.15) is 31.0 Å². The number of hydrogen-bond donors (Lipinski definition) is 5. The molecule has 3 amide bonds. The van der Waals surface area contributed by atoms with Gasteiger partial charge in [-0.15, -0.1) is 0 Å². The summed E-state index contributed by atoms with van der Waals surface area (Å²) in [5.74, 6) is -3.38. The number of amides is 3. The zero-order valence-corrected chi connectivity index (χ0v) is 27.5. The summed E-state index contributed by atoms with van der Waals surface area (Å²) >= 11 is 0. The molecule has 4 unspecified atom stereocenters. The number of ether oxygens (including phenoxy) is 3. The SMILES string of the molecule is CC(C)NCC(=O)NC(C)C(=O)Nc1ccc(COC(=O)C(C)C)cc1OC1CC(O)CC(C(=O)N(C)CC(=O)O)O1.CCC. The van der Waals surface area contributed by atoms with Crippen LogP contribution in [0, 0.1) is 5.92 Å². The second-order valence-electron chi connectivity index (χ2n) is 11.5. The van der Waals surface area contributed by atoms with Gasteiger partial charge >= 0.3 is 11.9 Å². The minimum Gasteiger partial charge on any atom is -0.480 e. The fourth-order valence-corrected chi connectivity index (χ4v) is 3.84. The Morgan fingerprint density at radius 2 is 1.71 bits per heavy atom. The number of carbonyl (C=O) groups excluding carboxylic acids is 4. The van der Waals surface area contributed by atoms with E-state index in [1.54, 1.807) is 19.9 Å². The zero-order chi connectivity index (χ0) is 34.3. The first kappa shape index (κ1) is 39.3. The molecule has 1 aromatic carbocycles. The van der Waals surface area contributed by atoms with E-state index in [4.69, 9.17) is 19.3 Å². The van der Waals surface area contributed by atoms with Crippen LogP contribution in [0.3, 0.4) is 0 Å². The molecule has 5 N–H and O–H groups in total. The molecule has 0 saturated carbocycles. The Labute approximate surface area is 265 Å². The van der Waals surface area contributed by atoms with Crippen LogP contribution in [0.2, 0.25) is 0 Å². The first-order valence-corrected chi connectivity index (χ1v) is 15.2. The van der Waals surface area contributed by atoms with Gasteiger partial charge in [-0.2, -0.15) is 0 Å². The third-order valence-electron chi connectivity index (χ3n) is 6.15. The van der Waals surface area contributed by atoms with E-state index in [-0.39, 0.29) is 55.3 Å². The molecule has 1 fully saturated rings. The van der Waals surface area contributed by atoms with Crippen LogP contribution in [0.25, 0.3) is 0 Å². The van der Waals surface area contributed by atoms with E-state index in [9.17, 15) is 29.1 Å². The molecule has 0 spiro atoms. The van der Waals surface area contributed by atoms with Crippen molar-refractivity contribution in [2.75, 3.05) is 25.5 Å². The molecule has 14 nitrogen and oxygen atoms in total. The summed E-state index contributed by atoms with van der Waals surface area (Å²) < 4.78 is 17.1. The Morgan fingerprint density at radius 1 is 1.07 bits per heavy atom. The number of carboxylic acids is 1. The van der Waals surface area contributed by atoms with Crippen molar-refractivity contribution in [2.45, 2.75) is 105 Å². The molecule has 254 valence electrons. The van der Waals surface area contributed by atoms with Crippen molar-refractivity contribution >= 4 is 35.3 Å². The van der Waals surface area contributed by atoms with Gasteiger partial charge in [0, 0.05) is 25.9 Å². The lowest BCUT2D eigenvalue weighted by atomic mass is 10.0. The van der Waals surface area contributed by atoms with E-state index in [0.717, 1.165) is 4.90 Å². The molecule has 1 aromatic rings. The van der Waals surface area contributed by atoms with Crippen LogP contribution in [0.5, 0.6) is 5.75 Å². The van der Waals surface area contributed by atoms with E-state index in [1.807, 2.05) is 13.8 Å². The summed E-state index contributed by atoms with van der Waals surface area (Å²) in [6, 6.07) is 3.87. The molecule has 1 saturated heterocycles. The number of hydrogen-bond acceptors (Lipinski definition) is 10. The quantitative estimate of drug-likeness (QED) is 0.187. The second kappa shape index (κ2) is 19.6. The monoisotopic (exact) mass is 638 g/mol. The van der Waals surface area contributed by atoms with Gasteiger partial charge in [-0.25, -0.2) is 0 Å². The van der Waals surface area contributed by atoms with E-state index < -0.39 is 54.8 Å². The summed E-state index contributed by atoms with van der Waals surface area (Å²) in [7, 11) is 1.31. The number of carboxylic acid groups (broad SMARTS) is 1. The molecule has 0 aromatic heterocycles. The second-order valence-corrected chi connectivity index (χ2v) is 11.5. The van der Waals surface area contributed by atoms with Crippen LogP contribution in [-0.4, -0.2) is 95.5 Å². The number of benzene rings is 1. The Morgan fingerprint density at radius 3 is 2.29 bits per heavy atom. The van der Waals surface area contributed by atoms with Crippen molar-refractivity contribution in [3.63, 3.8) is 0 Å². The lowest BCUT2D eigenvalue weighted by Crippen LogP contribution is -2.48. The van der Waals surface area contributed by atoms with Gasteiger partial charge in [0.25, 0.3) is 5.91 Å². The summed E-state index contributed by atoms with van der Waals surface area (Å²) in [4.78, 5) is 61.8. The van der Waals surface area contributed by atoms with Crippen molar-refractivity contribution in [1.29, 1.82) is 0 Å². The Hall–Kier alpha value is -3.75. The predicted octanol–water partition coefficient (Wildman–Crippen LogP) is 2.03. The van der Waals surface area contributed by atoms with Gasteiger partial charge in [0.05, 0.1) is 24.3 Å². The minimum absolute atomic E-state index is 0.0122. The van der Waals surface area contributed by atoms with Crippen molar-refractivity contribution in [3.05, 3.63) is 23.8 Å². The van der Waals surface area contributed by atoms with Crippen LogP contribution >= 0.6 is 0 Å². The van der Waals surface area contributed by atoms with E-state index in [1.165, 1.54) is 32.5 Å². The van der Waals surface area contributed by atoms with Crippen molar-refractivity contribution in [3.8, 4) is 5.75 Å². The molecular weight excluding hydrogens is 588 g/mol. The van der Waals surface area contributed by atoms with E-state index in [2.05, 4.69) is 29.8 Å². The smallest absolute Gasteiger partial charge is 0.323 e. The maximum Gasteiger partial charge on any atom is 0.323 e. The molecule has 1 aliphatic heterocycles. The number of aliphatic carboxylic acids is 1. The molecule has 14 heteroatoms. The molecule has 0 radical (unpaired) electrons. The summed E-state index contributed by atoms with van der Waals surface area (Å²) in [6.45, 7) is 12.4. The summed E-state index contributed by atoms with van der Waals surface area (Å²) in [6.07, 6.45) is -2.10. The number of carbonyl (C=O) groups is 5. The summed E-state index contributed by atoms with van der Waals surface area (Å²) in [5.41, 5.74) is 0.734.